The molecular weight excluding hydrogens is 347 g/mol. The maximum absolute atomic E-state index is 13.0. The minimum Gasteiger partial charge on any atom is -0.474 e. The summed E-state index contributed by atoms with van der Waals surface area (Å²) in [7, 11) is 1.57. The van der Waals surface area contributed by atoms with Crippen LogP contribution in [0.5, 0.6) is 5.88 Å². The fourth-order valence-electron chi connectivity index (χ4n) is 2.86. The first-order valence-electron chi connectivity index (χ1n) is 7.85. The van der Waals surface area contributed by atoms with Crippen molar-refractivity contribution in [2.75, 3.05) is 31.1 Å². The number of rotatable bonds is 5. The molecule has 1 aliphatic rings. The van der Waals surface area contributed by atoms with Crippen molar-refractivity contribution in [3.05, 3.63) is 53.5 Å². The van der Waals surface area contributed by atoms with E-state index in [4.69, 9.17) is 21.1 Å². The van der Waals surface area contributed by atoms with Gasteiger partial charge in [-0.2, -0.15) is 0 Å². The Balaban J connectivity index is 1.91. The van der Waals surface area contributed by atoms with Gasteiger partial charge in [0.1, 0.15) is 24.0 Å². The van der Waals surface area contributed by atoms with E-state index in [2.05, 4.69) is 4.98 Å². The van der Waals surface area contributed by atoms with Gasteiger partial charge in [0.2, 0.25) is 11.8 Å². The number of anilines is 1. The lowest BCUT2D eigenvalue weighted by Gasteiger charge is -2.35. The van der Waals surface area contributed by atoms with Crippen LogP contribution in [0, 0.1) is 5.82 Å². The third-order valence-corrected chi connectivity index (χ3v) is 4.22. The summed E-state index contributed by atoms with van der Waals surface area (Å²) in [6.07, 6.45) is 2.26. The normalized spacial score (nSPS) is 16.3. The molecule has 0 bridgehead atoms. The maximum atomic E-state index is 13.0. The minimum absolute atomic E-state index is 0.137. The van der Waals surface area contributed by atoms with Crippen molar-refractivity contribution < 1.29 is 18.7 Å². The van der Waals surface area contributed by atoms with Crippen LogP contribution >= 0.6 is 11.6 Å². The minimum atomic E-state index is -0.276. The van der Waals surface area contributed by atoms with Crippen molar-refractivity contribution in [3.63, 3.8) is 0 Å². The lowest BCUT2D eigenvalue weighted by molar-refractivity contribution is -0.117. The van der Waals surface area contributed by atoms with E-state index in [-0.39, 0.29) is 23.6 Å². The van der Waals surface area contributed by atoms with E-state index in [0.29, 0.717) is 31.2 Å². The van der Waals surface area contributed by atoms with E-state index >= 15 is 0 Å². The van der Waals surface area contributed by atoms with E-state index in [0.717, 1.165) is 11.1 Å². The number of benzene rings is 1. The molecule has 132 valence electrons. The van der Waals surface area contributed by atoms with Crippen molar-refractivity contribution in [2.45, 2.75) is 12.5 Å². The number of amides is 1. The second-order valence-electron chi connectivity index (χ2n) is 5.79. The van der Waals surface area contributed by atoms with Gasteiger partial charge in [-0.15, -0.1) is 11.6 Å². The Morgan fingerprint density at radius 3 is 2.84 bits per heavy atom. The molecule has 5 nitrogen and oxygen atoms in total. The van der Waals surface area contributed by atoms with Gasteiger partial charge in [0.15, 0.2) is 0 Å². The predicted octanol–water partition coefficient (Wildman–Crippen LogP) is 2.79. The quantitative estimate of drug-likeness (QED) is 0.765. The smallest absolute Gasteiger partial charge is 0.242 e. The highest BCUT2D eigenvalue weighted by molar-refractivity contribution is 6.29. The summed E-state index contributed by atoms with van der Waals surface area (Å²) < 4.78 is 23.9. The second kappa shape index (κ2) is 7.80. The SMILES string of the molecule is COC[C@H]1COc2ncc(Cc3ccc(F)cc3)cc2N1C(=O)CCl. The number of hydrogen-bond acceptors (Lipinski definition) is 4. The number of methoxy groups -OCH3 is 1. The van der Waals surface area contributed by atoms with Crippen LogP contribution in [-0.4, -0.2) is 43.1 Å². The van der Waals surface area contributed by atoms with Gasteiger partial charge in [0, 0.05) is 13.3 Å². The average Bonchev–Trinajstić information content (AvgIpc) is 2.63. The van der Waals surface area contributed by atoms with Crippen LogP contribution in [0.1, 0.15) is 11.1 Å². The Bertz CT molecular complexity index is 754. The summed E-state index contributed by atoms with van der Waals surface area (Å²) in [5.74, 6) is -0.244. The molecule has 1 aliphatic heterocycles. The molecule has 0 fully saturated rings. The molecule has 1 aromatic carbocycles. The molecular formula is C18H18ClFN2O3. The first kappa shape index (κ1) is 17.6. The average molecular weight is 365 g/mol. The van der Waals surface area contributed by atoms with Gasteiger partial charge in [-0.05, 0) is 35.7 Å². The van der Waals surface area contributed by atoms with Crippen LogP contribution in [0.25, 0.3) is 0 Å². The van der Waals surface area contributed by atoms with Crippen molar-refractivity contribution in [3.8, 4) is 5.88 Å². The molecule has 1 atom stereocenters. The summed E-state index contributed by atoms with van der Waals surface area (Å²) in [5, 5.41) is 0. The largest absolute Gasteiger partial charge is 0.474 e. The monoisotopic (exact) mass is 364 g/mol. The standard InChI is InChI=1S/C18H18ClFN2O3/c1-24-10-15-11-25-18-16(22(15)17(23)8-19)7-13(9-21-18)6-12-2-4-14(20)5-3-12/h2-5,7,9,15H,6,8,10-11H2,1H3/t15-/m0/s1. The van der Waals surface area contributed by atoms with Crippen molar-refractivity contribution in [1.82, 2.24) is 4.98 Å². The van der Waals surface area contributed by atoms with E-state index in [1.807, 2.05) is 6.07 Å². The van der Waals surface area contributed by atoms with Crippen LogP contribution < -0.4 is 9.64 Å². The lowest BCUT2D eigenvalue weighted by atomic mass is 10.1. The van der Waals surface area contributed by atoms with Crippen LogP contribution in [0.3, 0.4) is 0 Å². The summed E-state index contributed by atoms with van der Waals surface area (Å²) >= 11 is 5.77. The highest BCUT2D eigenvalue weighted by atomic mass is 35.5. The molecule has 0 N–H and O–H groups in total. The topological polar surface area (TPSA) is 51.7 Å². The molecule has 0 aliphatic carbocycles. The Morgan fingerprint density at radius 2 is 2.16 bits per heavy atom. The Hall–Kier alpha value is -2.18. The molecule has 7 heteroatoms. The molecule has 3 rings (SSSR count). The van der Waals surface area contributed by atoms with Crippen LogP contribution in [0.2, 0.25) is 0 Å². The van der Waals surface area contributed by atoms with Crippen molar-refractivity contribution in [2.24, 2.45) is 0 Å². The number of hydrogen-bond donors (Lipinski definition) is 0. The first-order valence-corrected chi connectivity index (χ1v) is 8.39. The lowest BCUT2D eigenvalue weighted by Crippen LogP contribution is -2.50. The highest BCUT2D eigenvalue weighted by Crippen LogP contribution is 2.33. The molecule has 25 heavy (non-hydrogen) atoms. The molecule has 1 aromatic heterocycles. The number of halogens is 2. The van der Waals surface area contributed by atoms with Gasteiger partial charge in [0.05, 0.1) is 12.6 Å². The number of pyridine rings is 1. The van der Waals surface area contributed by atoms with E-state index in [1.165, 1.54) is 12.1 Å². The fraction of sp³-hybridized carbons (Fsp3) is 0.333. The zero-order valence-corrected chi connectivity index (χ0v) is 14.5. The predicted molar refractivity (Wildman–Crippen MR) is 92.8 cm³/mol. The number of carbonyl (C=O) groups excluding carboxylic acids is 1. The molecule has 2 aromatic rings. The van der Waals surface area contributed by atoms with Crippen LogP contribution in [0.4, 0.5) is 10.1 Å². The number of alkyl halides is 1. The summed E-state index contributed by atoms with van der Waals surface area (Å²) in [4.78, 5) is 18.2. The Labute approximate surface area is 150 Å². The molecule has 1 amide bonds. The molecule has 2 heterocycles. The highest BCUT2D eigenvalue weighted by Gasteiger charge is 2.33. The Kier molecular flexibility index (Phi) is 5.50. The molecule has 0 saturated heterocycles. The Morgan fingerprint density at radius 1 is 1.40 bits per heavy atom. The number of ether oxygens (including phenoxy) is 2. The molecule has 0 unspecified atom stereocenters. The molecule has 0 spiro atoms. The zero-order valence-electron chi connectivity index (χ0n) is 13.7. The van der Waals surface area contributed by atoms with Gasteiger partial charge < -0.3 is 9.47 Å². The number of aromatic nitrogens is 1. The summed E-state index contributed by atoms with van der Waals surface area (Å²) in [5.41, 5.74) is 2.42. The van der Waals surface area contributed by atoms with E-state index < -0.39 is 0 Å². The molecule has 0 saturated carbocycles. The van der Waals surface area contributed by atoms with E-state index in [9.17, 15) is 9.18 Å². The number of fused-ring (bicyclic) bond motifs is 1. The van der Waals surface area contributed by atoms with Gasteiger partial charge >= 0.3 is 0 Å². The maximum Gasteiger partial charge on any atom is 0.242 e. The van der Waals surface area contributed by atoms with Crippen LogP contribution in [0.15, 0.2) is 36.5 Å². The zero-order chi connectivity index (χ0) is 17.8. The molecule has 0 radical (unpaired) electrons. The van der Waals surface area contributed by atoms with Gasteiger partial charge in [-0.25, -0.2) is 9.37 Å². The van der Waals surface area contributed by atoms with Crippen LogP contribution in [-0.2, 0) is 16.0 Å². The van der Waals surface area contributed by atoms with Crippen molar-refractivity contribution in [1.29, 1.82) is 0 Å². The number of carbonyl (C=O) groups is 1. The third kappa shape index (κ3) is 3.91. The van der Waals surface area contributed by atoms with Gasteiger partial charge in [-0.1, -0.05) is 12.1 Å². The van der Waals surface area contributed by atoms with E-state index in [1.54, 1.807) is 30.3 Å². The fourth-order valence-corrected chi connectivity index (χ4v) is 2.99. The van der Waals surface area contributed by atoms with Gasteiger partial charge in [0.25, 0.3) is 0 Å². The number of nitrogens with zero attached hydrogens (tertiary/aromatic N) is 2. The first-order chi connectivity index (χ1) is 12.1. The second-order valence-corrected chi connectivity index (χ2v) is 6.06. The van der Waals surface area contributed by atoms with Crippen molar-refractivity contribution >= 4 is 23.2 Å². The summed E-state index contributed by atoms with van der Waals surface area (Å²) in [6.45, 7) is 0.637. The summed E-state index contributed by atoms with van der Waals surface area (Å²) in [6, 6.07) is 7.88. The third-order valence-electron chi connectivity index (χ3n) is 3.99. The van der Waals surface area contributed by atoms with Gasteiger partial charge in [-0.3, -0.25) is 9.69 Å².